The fraction of sp³-hybridized carbons (Fsp3) is 0.467. The highest BCUT2D eigenvalue weighted by Crippen LogP contribution is 2.45. The molecule has 2 fully saturated rings. The van der Waals surface area contributed by atoms with Gasteiger partial charge in [0.2, 0.25) is 0 Å². The summed E-state index contributed by atoms with van der Waals surface area (Å²) in [5.74, 6) is 2.16. The number of fused-ring (bicyclic) bond motifs is 2. The van der Waals surface area contributed by atoms with Crippen LogP contribution in [0.2, 0.25) is 0 Å². The predicted molar refractivity (Wildman–Crippen MR) is 77.0 cm³/mol. The third-order valence-electron chi connectivity index (χ3n) is 4.76. The second-order valence-corrected chi connectivity index (χ2v) is 6.00. The van der Waals surface area contributed by atoms with Crippen LogP contribution in [0.25, 0.3) is 11.3 Å². The molecule has 20 heavy (non-hydrogen) atoms. The van der Waals surface area contributed by atoms with Gasteiger partial charge in [-0.1, -0.05) is 18.6 Å². The summed E-state index contributed by atoms with van der Waals surface area (Å²) in [4.78, 5) is 0. The first-order valence-corrected chi connectivity index (χ1v) is 7.24. The Morgan fingerprint density at radius 1 is 1.10 bits per heavy atom. The highest BCUT2D eigenvalue weighted by atomic mass is 16.6. The molecule has 0 aliphatic heterocycles. The molecular formula is C15H18N4O. The van der Waals surface area contributed by atoms with Crippen molar-refractivity contribution < 1.29 is 4.63 Å². The fourth-order valence-electron chi connectivity index (χ4n) is 3.76. The number of anilines is 2. The van der Waals surface area contributed by atoms with Gasteiger partial charge >= 0.3 is 0 Å². The Bertz CT molecular complexity index is 607. The zero-order chi connectivity index (χ0) is 13.5. The molecule has 0 amide bonds. The van der Waals surface area contributed by atoms with Gasteiger partial charge in [-0.3, -0.25) is 0 Å². The van der Waals surface area contributed by atoms with Crippen LogP contribution >= 0.6 is 0 Å². The second kappa shape index (κ2) is 4.51. The van der Waals surface area contributed by atoms with Crippen LogP contribution in [0.5, 0.6) is 0 Å². The number of aromatic nitrogens is 2. The van der Waals surface area contributed by atoms with Gasteiger partial charge < -0.3 is 11.1 Å². The van der Waals surface area contributed by atoms with Gasteiger partial charge in [-0.25, -0.2) is 4.63 Å². The summed E-state index contributed by atoms with van der Waals surface area (Å²) in [6.07, 6.45) is 5.56. The quantitative estimate of drug-likeness (QED) is 0.896. The molecule has 2 bridgehead atoms. The Hall–Kier alpha value is -2.04. The summed E-state index contributed by atoms with van der Waals surface area (Å²) in [5.41, 5.74) is 8.41. The van der Waals surface area contributed by atoms with Gasteiger partial charge in [-0.15, -0.1) is 0 Å². The lowest BCUT2D eigenvalue weighted by atomic mass is 9.95. The van der Waals surface area contributed by atoms with Gasteiger partial charge in [0.1, 0.15) is 0 Å². The van der Waals surface area contributed by atoms with Crippen molar-refractivity contribution in [3.05, 3.63) is 24.3 Å². The summed E-state index contributed by atoms with van der Waals surface area (Å²) < 4.78 is 4.63. The zero-order valence-electron chi connectivity index (χ0n) is 11.2. The van der Waals surface area contributed by atoms with E-state index in [2.05, 4.69) is 32.4 Å². The molecule has 4 rings (SSSR count). The molecule has 1 heterocycles. The number of benzene rings is 1. The first-order valence-electron chi connectivity index (χ1n) is 7.24. The van der Waals surface area contributed by atoms with E-state index in [1.54, 1.807) is 0 Å². The molecule has 0 spiro atoms. The highest BCUT2D eigenvalue weighted by molar-refractivity contribution is 5.70. The van der Waals surface area contributed by atoms with Gasteiger partial charge in [0.25, 0.3) is 0 Å². The number of nitrogen functional groups attached to an aromatic ring is 1. The second-order valence-electron chi connectivity index (χ2n) is 6.00. The van der Waals surface area contributed by atoms with Gasteiger partial charge in [0, 0.05) is 17.3 Å². The minimum Gasteiger partial charge on any atom is -0.382 e. The van der Waals surface area contributed by atoms with Crippen LogP contribution in [0, 0.1) is 11.8 Å². The summed E-state index contributed by atoms with van der Waals surface area (Å²) in [5, 5.41) is 11.1. The largest absolute Gasteiger partial charge is 0.382 e. The van der Waals surface area contributed by atoms with Crippen LogP contribution in [0.1, 0.15) is 25.7 Å². The molecule has 1 aromatic heterocycles. The lowest BCUT2D eigenvalue weighted by Crippen LogP contribution is -2.25. The Balaban J connectivity index is 1.49. The SMILES string of the molecule is Nc1nonc1-c1ccc(NC2CC3CCC2C3)cc1. The van der Waals surface area contributed by atoms with E-state index in [-0.39, 0.29) is 0 Å². The fourth-order valence-corrected chi connectivity index (χ4v) is 3.76. The van der Waals surface area contributed by atoms with E-state index in [1.165, 1.54) is 31.4 Å². The van der Waals surface area contributed by atoms with Crippen molar-refractivity contribution in [2.45, 2.75) is 31.7 Å². The number of hydrogen-bond donors (Lipinski definition) is 2. The highest BCUT2D eigenvalue weighted by Gasteiger charge is 2.39. The van der Waals surface area contributed by atoms with Crippen LogP contribution < -0.4 is 11.1 Å². The maximum atomic E-state index is 5.70. The summed E-state index contributed by atoms with van der Waals surface area (Å²) in [6.45, 7) is 0. The number of hydrogen-bond acceptors (Lipinski definition) is 5. The molecule has 5 nitrogen and oxygen atoms in total. The minimum absolute atomic E-state index is 0.332. The average Bonchev–Trinajstić information content (AvgIpc) is 3.16. The molecule has 5 heteroatoms. The predicted octanol–water partition coefficient (Wildman–Crippen LogP) is 2.92. The standard InChI is InChI=1S/C15H18N4O/c16-15-14(18-20-19-15)10-3-5-12(6-4-10)17-13-8-9-1-2-11(13)7-9/h3-6,9,11,13,17H,1-2,7-8H2,(H2,16,19). The van der Waals surface area contributed by atoms with E-state index in [9.17, 15) is 0 Å². The molecule has 2 saturated carbocycles. The smallest absolute Gasteiger partial charge is 0.196 e. The summed E-state index contributed by atoms with van der Waals surface area (Å²) in [6, 6.07) is 8.82. The Morgan fingerprint density at radius 2 is 1.95 bits per heavy atom. The van der Waals surface area contributed by atoms with Crippen LogP contribution in [0.3, 0.4) is 0 Å². The maximum absolute atomic E-state index is 5.70. The van der Waals surface area contributed by atoms with Crippen molar-refractivity contribution in [3.63, 3.8) is 0 Å². The molecule has 3 N–H and O–H groups in total. The van der Waals surface area contributed by atoms with Gasteiger partial charge in [0.05, 0.1) is 0 Å². The van der Waals surface area contributed by atoms with Gasteiger partial charge in [-0.05, 0) is 53.5 Å². The minimum atomic E-state index is 0.332. The number of nitrogens with one attached hydrogen (secondary N) is 1. The van der Waals surface area contributed by atoms with Gasteiger partial charge in [0.15, 0.2) is 11.5 Å². The van der Waals surface area contributed by atoms with E-state index >= 15 is 0 Å². The normalized spacial score (nSPS) is 27.9. The molecule has 1 aromatic carbocycles. The Kier molecular flexibility index (Phi) is 2.65. The van der Waals surface area contributed by atoms with Crippen molar-refractivity contribution in [1.29, 1.82) is 0 Å². The molecule has 0 saturated heterocycles. The third-order valence-corrected chi connectivity index (χ3v) is 4.76. The first kappa shape index (κ1) is 11.8. The van der Waals surface area contributed by atoms with E-state index in [1.807, 2.05) is 12.1 Å². The van der Waals surface area contributed by atoms with Crippen molar-refractivity contribution >= 4 is 11.5 Å². The van der Waals surface area contributed by atoms with E-state index < -0.39 is 0 Å². The van der Waals surface area contributed by atoms with Crippen molar-refractivity contribution in [3.8, 4) is 11.3 Å². The lowest BCUT2D eigenvalue weighted by Gasteiger charge is -2.24. The molecule has 104 valence electrons. The molecule has 2 aliphatic carbocycles. The van der Waals surface area contributed by atoms with E-state index in [4.69, 9.17) is 5.73 Å². The number of nitrogens with two attached hydrogens (primary N) is 1. The molecular weight excluding hydrogens is 252 g/mol. The van der Waals surface area contributed by atoms with Crippen LogP contribution in [0.4, 0.5) is 11.5 Å². The third kappa shape index (κ3) is 1.94. The van der Waals surface area contributed by atoms with Crippen LogP contribution in [-0.2, 0) is 0 Å². The van der Waals surface area contributed by atoms with Crippen molar-refractivity contribution in [2.24, 2.45) is 11.8 Å². The molecule has 2 aliphatic rings. The van der Waals surface area contributed by atoms with E-state index in [0.717, 1.165) is 17.4 Å². The van der Waals surface area contributed by atoms with Crippen LogP contribution in [-0.4, -0.2) is 16.4 Å². The van der Waals surface area contributed by atoms with Crippen molar-refractivity contribution in [1.82, 2.24) is 10.3 Å². The van der Waals surface area contributed by atoms with E-state index in [0.29, 0.717) is 17.6 Å². The lowest BCUT2D eigenvalue weighted by molar-refractivity contribution is 0.310. The Morgan fingerprint density at radius 3 is 2.55 bits per heavy atom. The monoisotopic (exact) mass is 270 g/mol. The number of nitrogens with zero attached hydrogens (tertiary/aromatic N) is 2. The Labute approximate surface area is 117 Å². The summed E-state index contributed by atoms with van der Waals surface area (Å²) in [7, 11) is 0. The van der Waals surface area contributed by atoms with Crippen LogP contribution in [0.15, 0.2) is 28.9 Å². The summed E-state index contributed by atoms with van der Waals surface area (Å²) >= 11 is 0. The van der Waals surface area contributed by atoms with Gasteiger partial charge in [-0.2, -0.15) is 0 Å². The average molecular weight is 270 g/mol. The molecule has 3 atom stereocenters. The molecule has 3 unspecified atom stereocenters. The molecule has 0 radical (unpaired) electrons. The zero-order valence-corrected chi connectivity index (χ0v) is 11.2. The maximum Gasteiger partial charge on any atom is 0.196 e. The number of rotatable bonds is 3. The topological polar surface area (TPSA) is 77.0 Å². The first-order chi connectivity index (χ1) is 9.79. The molecule has 2 aromatic rings. The van der Waals surface area contributed by atoms with Crippen molar-refractivity contribution in [2.75, 3.05) is 11.1 Å².